The van der Waals surface area contributed by atoms with Crippen LogP contribution in [0.1, 0.15) is 17.2 Å². The Morgan fingerprint density at radius 3 is 2.81 bits per heavy atom. The van der Waals surface area contributed by atoms with Gasteiger partial charge in [0.25, 0.3) is 0 Å². The van der Waals surface area contributed by atoms with Crippen LogP contribution < -0.4 is 5.32 Å². The van der Waals surface area contributed by atoms with E-state index in [2.05, 4.69) is 5.32 Å². The highest BCUT2D eigenvalue weighted by Crippen LogP contribution is 2.15. The lowest BCUT2D eigenvalue weighted by atomic mass is 10.1. The molecule has 1 aromatic rings. The van der Waals surface area contributed by atoms with E-state index in [1.165, 1.54) is 12.1 Å². The van der Waals surface area contributed by atoms with E-state index >= 15 is 0 Å². The van der Waals surface area contributed by atoms with Crippen molar-refractivity contribution in [3.8, 4) is 0 Å². The number of aliphatic hydroxyl groups is 1. The first-order chi connectivity index (χ1) is 7.63. The number of methoxy groups -OCH3 is 1. The van der Waals surface area contributed by atoms with E-state index < -0.39 is 6.10 Å². The number of benzene rings is 1. The van der Waals surface area contributed by atoms with E-state index in [4.69, 9.17) is 4.74 Å². The summed E-state index contributed by atoms with van der Waals surface area (Å²) >= 11 is 0. The molecule has 0 spiro atoms. The average molecular weight is 227 g/mol. The van der Waals surface area contributed by atoms with Gasteiger partial charge in [-0.25, -0.2) is 4.39 Å². The highest BCUT2D eigenvalue weighted by atomic mass is 19.1. The van der Waals surface area contributed by atoms with E-state index in [0.717, 1.165) is 5.56 Å². The molecule has 0 saturated carbocycles. The standard InChI is InChI=1S/C12H18FNO2/c1-9-5-10(7-11(13)6-9)12(15)8-14-3-4-16-2/h5-7,12,14-15H,3-4,8H2,1-2H3. The summed E-state index contributed by atoms with van der Waals surface area (Å²) in [4.78, 5) is 0. The predicted octanol–water partition coefficient (Wildman–Crippen LogP) is 1.40. The first-order valence-corrected chi connectivity index (χ1v) is 5.28. The van der Waals surface area contributed by atoms with Crippen molar-refractivity contribution < 1.29 is 14.2 Å². The zero-order valence-electron chi connectivity index (χ0n) is 9.66. The molecular formula is C12H18FNO2. The molecule has 90 valence electrons. The highest BCUT2D eigenvalue weighted by Gasteiger charge is 2.08. The minimum atomic E-state index is -0.689. The van der Waals surface area contributed by atoms with Crippen LogP contribution in [-0.2, 0) is 4.74 Å². The summed E-state index contributed by atoms with van der Waals surface area (Å²) in [6, 6.07) is 4.58. The predicted molar refractivity (Wildman–Crippen MR) is 60.8 cm³/mol. The van der Waals surface area contributed by atoms with Crippen molar-refractivity contribution in [1.29, 1.82) is 0 Å². The van der Waals surface area contributed by atoms with Gasteiger partial charge in [0.1, 0.15) is 5.82 Å². The lowest BCUT2D eigenvalue weighted by molar-refractivity contribution is 0.161. The fourth-order valence-corrected chi connectivity index (χ4v) is 1.49. The number of aryl methyl sites for hydroxylation is 1. The number of hydrogen-bond acceptors (Lipinski definition) is 3. The van der Waals surface area contributed by atoms with Crippen molar-refractivity contribution in [1.82, 2.24) is 5.32 Å². The van der Waals surface area contributed by atoms with Crippen LogP contribution in [0.3, 0.4) is 0 Å². The summed E-state index contributed by atoms with van der Waals surface area (Å²) in [5.74, 6) is -0.314. The SMILES string of the molecule is COCCNCC(O)c1cc(C)cc(F)c1. The molecule has 1 rings (SSSR count). The van der Waals surface area contributed by atoms with Gasteiger partial charge in [0, 0.05) is 20.2 Å². The van der Waals surface area contributed by atoms with E-state index in [1.807, 2.05) is 0 Å². The second-order valence-corrected chi connectivity index (χ2v) is 3.77. The molecule has 4 heteroatoms. The smallest absolute Gasteiger partial charge is 0.123 e. The van der Waals surface area contributed by atoms with Gasteiger partial charge in [-0.1, -0.05) is 6.07 Å². The molecular weight excluding hydrogens is 209 g/mol. The molecule has 0 aliphatic rings. The topological polar surface area (TPSA) is 41.5 Å². The Balaban J connectivity index is 2.48. The van der Waals surface area contributed by atoms with E-state index in [-0.39, 0.29) is 5.82 Å². The zero-order valence-corrected chi connectivity index (χ0v) is 9.66. The molecule has 1 unspecified atom stereocenters. The molecule has 0 heterocycles. The number of nitrogens with one attached hydrogen (secondary N) is 1. The van der Waals surface area contributed by atoms with Crippen molar-refractivity contribution in [3.63, 3.8) is 0 Å². The largest absolute Gasteiger partial charge is 0.387 e. The maximum atomic E-state index is 13.1. The molecule has 1 aromatic carbocycles. The highest BCUT2D eigenvalue weighted by molar-refractivity contribution is 5.25. The fraction of sp³-hybridized carbons (Fsp3) is 0.500. The van der Waals surface area contributed by atoms with Crippen LogP contribution in [0.25, 0.3) is 0 Å². The van der Waals surface area contributed by atoms with E-state index in [1.54, 1.807) is 20.1 Å². The molecule has 2 N–H and O–H groups in total. The Labute approximate surface area is 95.2 Å². The van der Waals surface area contributed by atoms with Gasteiger partial charge in [-0.2, -0.15) is 0 Å². The van der Waals surface area contributed by atoms with E-state index in [0.29, 0.717) is 25.3 Å². The van der Waals surface area contributed by atoms with Crippen molar-refractivity contribution in [2.24, 2.45) is 0 Å². The lowest BCUT2D eigenvalue weighted by Gasteiger charge is -2.12. The minimum Gasteiger partial charge on any atom is -0.387 e. The maximum Gasteiger partial charge on any atom is 0.123 e. The maximum absolute atomic E-state index is 13.1. The van der Waals surface area contributed by atoms with Gasteiger partial charge < -0.3 is 15.2 Å². The van der Waals surface area contributed by atoms with Crippen molar-refractivity contribution >= 4 is 0 Å². The van der Waals surface area contributed by atoms with Crippen LogP contribution in [0.4, 0.5) is 4.39 Å². The number of rotatable bonds is 6. The van der Waals surface area contributed by atoms with Gasteiger partial charge in [-0.3, -0.25) is 0 Å². The summed E-state index contributed by atoms with van der Waals surface area (Å²) < 4.78 is 17.9. The van der Waals surface area contributed by atoms with Crippen LogP contribution in [-0.4, -0.2) is 31.9 Å². The average Bonchev–Trinajstić information content (AvgIpc) is 2.22. The van der Waals surface area contributed by atoms with Crippen molar-refractivity contribution in [2.45, 2.75) is 13.0 Å². The van der Waals surface area contributed by atoms with Gasteiger partial charge in [-0.15, -0.1) is 0 Å². The van der Waals surface area contributed by atoms with Crippen LogP contribution in [0.15, 0.2) is 18.2 Å². The monoisotopic (exact) mass is 227 g/mol. The molecule has 0 aromatic heterocycles. The molecule has 0 radical (unpaired) electrons. The second-order valence-electron chi connectivity index (χ2n) is 3.77. The van der Waals surface area contributed by atoms with Crippen LogP contribution in [0, 0.1) is 12.7 Å². The third kappa shape index (κ3) is 4.26. The molecule has 16 heavy (non-hydrogen) atoms. The molecule has 0 bridgehead atoms. The molecule has 0 saturated heterocycles. The van der Waals surface area contributed by atoms with Gasteiger partial charge >= 0.3 is 0 Å². The summed E-state index contributed by atoms with van der Waals surface area (Å²) in [7, 11) is 1.62. The first-order valence-electron chi connectivity index (χ1n) is 5.28. The minimum absolute atomic E-state index is 0.314. The molecule has 3 nitrogen and oxygen atoms in total. The summed E-state index contributed by atoms with van der Waals surface area (Å²) in [6.07, 6.45) is -0.689. The quantitative estimate of drug-likeness (QED) is 0.722. The van der Waals surface area contributed by atoms with Gasteiger partial charge in [0.15, 0.2) is 0 Å². The molecule has 0 aliphatic carbocycles. The zero-order chi connectivity index (χ0) is 12.0. The van der Waals surface area contributed by atoms with Crippen LogP contribution in [0.2, 0.25) is 0 Å². The van der Waals surface area contributed by atoms with Crippen LogP contribution in [0.5, 0.6) is 0 Å². The van der Waals surface area contributed by atoms with Gasteiger partial charge in [-0.05, 0) is 30.2 Å². The second kappa shape index (κ2) is 6.58. The Hall–Kier alpha value is -0.970. The Bertz CT molecular complexity index is 311. The summed E-state index contributed by atoms with van der Waals surface area (Å²) in [5.41, 5.74) is 1.41. The van der Waals surface area contributed by atoms with Gasteiger partial charge in [0.05, 0.1) is 12.7 Å². The summed E-state index contributed by atoms with van der Waals surface area (Å²) in [5, 5.41) is 12.8. The number of halogens is 1. The molecule has 0 fully saturated rings. The number of ether oxygens (including phenoxy) is 1. The normalized spacial score (nSPS) is 12.8. The van der Waals surface area contributed by atoms with Crippen molar-refractivity contribution in [2.75, 3.05) is 26.8 Å². The fourth-order valence-electron chi connectivity index (χ4n) is 1.49. The van der Waals surface area contributed by atoms with E-state index in [9.17, 15) is 9.50 Å². The third-order valence-corrected chi connectivity index (χ3v) is 2.27. The number of hydrogen-bond donors (Lipinski definition) is 2. The van der Waals surface area contributed by atoms with Crippen molar-refractivity contribution in [3.05, 3.63) is 35.1 Å². The van der Waals surface area contributed by atoms with Gasteiger partial charge in [0.2, 0.25) is 0 Å². The Kier molecular flexibility index (Phi) is 5.38. The number of aliphatic hydroxyl groups excluding tert-OH is 1. The van der Waals surface area contributed by atoms with Crippen LogP contribution >= 0.6 is 0 Å². The Morgan fingerprint density at radius 2 is 2.19 bits per heavy atom. The lowest BCUT2D eigenvalue weighted by Crippen LogP contribution is -2.25. The first kappa shape index (κ1) is 13.1. The third-order valence-electron chi connectivity index (χ3n) is 2.27. The molecule has 1 atom stereocenters. The molecule has 0 amide bonds. The molecule has 0 aliphatic heterocycles. The summed E-state index contributed by atoms with van der Waals surface area (Å²) in [6.45, 7) is 3.46. The Morgan fingerprint density at radius 1 is 1.44 bits per heavy atom.